The maximum Gasteiger partial charge on any atom is 0.252 e. The van der Waals surface area contributed by atoms with Gasteiger partial charge in [0.1, 0.15) is 12.4 Å². The molecule has 1 heterocycles. The average molecular weight is 378 g/mol. The van der Waals surface area contributed by atoms with Crippen molar-refractivity contribution in [3.05, 3.63) is 71.0 Å². The van der Waals surface area contributed by atoms with Crippen LogP contribution >= 0.6 is 0 Å². The van der Waals surface area contributed by atoms with E-state index >= 15 is 0 Å². The van der Waals surface area contributed by atoms with E-state index in [1.54, 1.807) is 6.07 Å². The lowest BCUT2D eigenvalue weighted by Crippen LogP contribution is -2.27. The molecule has 146 valence electrons. The second-order valence-corrected chi connectivity index (χ2v) is 6.84. The van der Waals surface area contributed by atoms with Gasteiger partial charge in [-0.25, -0.2) is 0 Å². The molecule has 3 rings (SSSR count). The minimum Gasteiger partial charge on any atom is -0.492 e. The van der Waals surface area contributed by atoms with Crippen LogP contribution in [0.5, 0.6) is 5.75 Å². The van der Waals surface area contributed by atoms with Crippen LogP contribution in [0.1, 0.15) is 40.1 Å². The lowest BCUT2D eigenvalue weighted by atomic mass is 10.00. The van der Waals surface area contributed by atoms with Crippen molar-refractivity contribution in [2.75, 3.05) is 13.2 Å². The quantitative estimate of drug-likeness (QED) is 0.586. The van der Waals surface area contributed by atoms with Gasteiger partial charge >= 0.3 is 0 Å². The predicted molar refractivity (Wildman–Crippen MR) is 110 cm³/mol. The molecular weight excluding hydrogens is 352 g/mol. The molecule has 0 saturated heterocycles. The lowest BCUT2D eigenvalue weighted by molar-refractivity contribution is 0.0939. The zero-order valence-electron chi connectivity index (χ0n) is 16.5. The summed E-state index contributed by atoms with van der Waals surface area (Å²) >= 11 is 0. The van der Waals surface area contributed by atoms with Gasteiger partial charge in [0.05, 0.1) is 12.2 Å². The van der Waals surface area contributed by atoms with Crippen LogP contribution in [-0.4, -0.2) is 29.3 Å². The number of ether oxygens (including phenoxy) is 1. The van der Waals surface area contributed by atoms with Crippen molar-refractivity contribution in [2.45, 2.75) is 26.8 Å². The summed E-state index contributed by atoms with van der Waals surface area (Å²) in [6, 6.07) is 13.5. The fraction of sp³-hybridized carbons (Fsp3) is 0.273. The van der Waals surface area contributed by atoms with Gasteiger partial charge in [-0.2, -0.15) is 5.10 Å². The normalized spacial score (nSPS) is 11.9. The molecule has 0 spiro atoms. The molecule has 3 aromatic rings. The van der Waals surface area contributed by atoms with E-state index in [-0.39, 0.29) is 11.9 Å². The van der Waals surface area contributed by atoms with Gasteiger partial charge in [0.25, 0.3) is 5.91 Å². The SMILES string of the molecule is Cc1ccc(OCCN)cc1C(=O)N[C@H](C)c1cccc(-c2cn[nH]c2C)c1. The maximum absolute atomic E-state index is 12.8. The number of rotatable bonds is 7. The zero-order valence-corrected chi connectivity index (χ0v) is 16.5. The number of nitrogens with one attached hydrogen (secondary N) is 2. The van der Waals surface area contributed by atoms with Crippen molar-refractivity contribution in [3.63, 3.8) is 0 Å². The van der Waals surface area contributed by atoms with Crippen LogP contribution < -0.4 is 15.8 Å². The molecule has 0 aliphatic carbocycles. The number of H-pyrrole nitrogens is 1. The summed E-state index contributed by atoms with van der Waals surface area (Å²) in [4.78, 5) is 12.8. The van der Waals surface area contributed by atoms with Gasteiger partial charge in [0.2, 0.25) is 0 Å². The monoisotopic (exact) mass is 378 g/mol. The Kier molecular flexibility index (Phi) is 6.11. The number of hydrogen-bond donors (Lipinski definition) is 3. The molecule has 0 radical (unpaired) electrons. The number of aromatic nitrogens is 2. The number of aryl methyl sites for hydroxylation is 2. The number of amides is 1. The van der Waals surface area contributed by atoms with E-state index < -0.39 is 0 Å². The van der Waals surface area contributed by atoms with Crippen molar-refractivity contribution in [1.82, 2.24) is 15.5 Å². The molecule has 2 aromatic carbocycles. The molecule has 0 aliphatic rings. The summed E-state index contributed by atoms with van der Waals surface area (Å²) in [6.45, 7) is 6.72. The molecule has 1 atom stereocenters. The number of benzene rings is 2. The van der Waals surface area contributed by atoms with Crippen molar-refractivity contribution < 1.29 is 9.53 Å². The molecule has 0 aliphatic heterocycles. The second-order valence-electron chi connectivity index (χ2n) is 6.84. The summed E-state index contributed by atoms with van der Waals surface area (Å²) in [5.41, 5.74) is 11.1. The summed E-state index contributed by atoms with van der Waals surface area (Å²) in [5.74, 6) is 0.513. The molecule has 0 saturated carbocycles. The minimum absolute atomic E-state index is 0.131. The van der Waals surface area contributed by atoms with Gasteiger partial charge in [-0.1, -0.05) is 24.3 Å². The Morgan fingerprint density at radius 3 is 2.79 bits per heavy atom. The van der Waals surface area contributed by atoms with Gasteiger partial charge in [-0.15, -0.1) is 0 Å². The largest absolute Gasteiger partial charge is 0.492 e. The van der Waals surface area contributed by atoms with Gasteiger partial charge in [0.15, 0.2) is 0 Å². The Balaban J connectivity index is 1.77. The fourth-order valence-corrected chi connectivity index (χ4v) is 3.09. The van der Waals surface area contributed by atoms with Crippen molar-refractivity contribution in [3.8, 4) is 16.9 Å². The third-order valence-electron chi connectivity index (χ3n) is 4.72. The molecule has 0 bridgehead atoms. The number of aromatic amines is 1. The van der Waals surface area contributed by atoms with Crippen LogP contribution in [0.3, 0.4) is 0 Å². The molecule has 4 N–H and O–H groups in total. The first-order chi connectivity index (χ1) is 13.5. The second kappa shape index (κ2) is 8.71. The van der Waals surface area contributed by atoms with Crippen LogP contribution in [0.4, 0.5) is 0 Å². The first-order valence-electron chi connectivity index (χ1n) is 9.34. The highest BCUT2D eigenvalue weighted by atomic mass is 16.5. The molecule has 1 amide bonds. The standard InChI is InChI=1S/C22H26N4O2/c1-14-7-8-19(28-10-9-23)12-20(14)22(27)25-15(2)17-5-4-6-18(11-17)21-13-24-26-16(21)3/h4-8,11-13,15H,9-10,23H2,1-3H3,(H,24,26)(H,25,27)/t15-/m1/s1. The van der Waals surface area contributed by atoms with Crippen LogP contribution in [0.25, 0.3) is 11.1 Å². The third-order valence-corrected chi connectivity index (χ3v) is 4.72. The van der Waals surface area contributed by atoms with Crippen LogP contribution in [0.15, 0.2) is 48.7 Å². The fourth-order valence-electron chi connectivity index (χ4n) is 3.09. The Morgan fingerprint density at radius 1 is 1.25 bits per heavy atom. The minimum atomic E-state index is -0.146. The highest BCUT2D eigenvalue weighted by molar-refractivity contribution is 5.96. The third kappa shape index (κ3) is 4.40. The average Bonchev–Trinajstić information content (AvgIpc) is 3.13. The van der Waals surface area contributed by atoms with Crippen LogP contribution in [0.2, 0.25) is 0 Å². The molecule has 28 heavy (non-hydrogen) atoms. The van der Waals surface area contributed by atoms with Gasteiger partial charge in [-0.05, 0) is 55.7 Å². The van der Waals surface area contributed by atoms with E-state index in [9.17, 15) is 4.79 Å². The van der Waals surface area contributed by atoms with Crippen molar-refractivity contribution in [1.29, 1.82) is 0 Å². The van der Waals surface area contributed by atoms with Crippen LogP contribution in [0, 0.1) is 13.8 Å². The summed E-state index contributed by atoms with van der Waals surface area (Å²) in [7, 11) is 0. The number of nitrogens with zero attached hydrogens (tertiary/aromatic N) is 1. The van der Waals surface area contributed by atoms with Gasteiger partial charge in [0, 0.05) is 23.4 Å². The van der Waals surface area contributed by atoms with Gasteiger partial charge < -0.3 is 15.8 Å². The molecule has 6 heteroatoms. The first kappa shape index (κ1) is 19.6. The van der Waals surface area contributed by atoms with Crippen molar-refractivity contribution in [2.24, 2.45) is 5.73 Å². The smallest absolute Gasteiger partial charge is 0.252 e. The first-order valence-corrected chi connectivity index (χ1v) is 9.34. The molecular formula is C22H26N4O2. The van der Waals surface area contributed by atoms with Gasteiger partial charge in [-0.3, -0.25) is 9.89 Å². The highest BCUT2D eigenvalue weighted by Gasteiger charge is 2.15. The summed E-state index contributed by atoms with van der Waals surface area (Å²) < 4.78 is 5.54. The van der Waals surface area contributed by atoms with E-state index in [0.717, 1.165) is 27.9 Å². The Bertz CT molecular complexity index is 965. The predicted octanol–water partition coefficient (Wildman–Crippen LogP) is 3.52. The summed E-state index contributed by atoms with van der Waals surface area (Å²) in [5, 5.41) is 10.1. The van der Waals surface area contributed by atoms with Crippen molar-refractivity contribution >= 4 is 5.91 Å². The Morgan fingerprint density at radius 2 is 2.07 bits per heavy atom. The summed E-state index contributed by atoms with van der Waals surface area (Å²) in [6.07, 6.45) is 1.81. The van der Waals surface area contributed by atoms with E-state index in [1.165, 1.54) is 0 Å². The van der Waals surface area contributed by atoms with E-state index in [1.807, 2.05) is 57.3 Å². The zero-order chi connectivity index (χ0) is 20.1. The Labute approximate surface area is 165 Å². The topological polar surface area (TPSA) is 93.0 Å². The molecule has 0 fully saturated rings. The molecule has 1 aromatic heterocycles. The molecule has 0 unspecified atom stereocenters. The number of nitrogens with two attached hydrogens (primary N) is 1. The van der Waals surface area contributed by atoms with Crippen LogP contribution in [-0.2, 0) is 0 Å². The van der Waals surface area contributed by atoms with E-state index in [0.29, 0.717) is 24.5 Å². The lowest BCUT2D eigenvalue weighted by Gasteiger charge is -2.17. The Hall–Kier alpha value is -3.12. The van der Waals surface area contributed by atoms with E-state index in [4.69, 9.17) is 10.5 Å². The number of carbonyl (C=O) groups is 1. The number of hydrogen-bond acceptors (Lipinski definition) is 4. The van der Waals surface area contributed by atoms with E-state index in [2.05, 4.69) is 21.6 Å². The molecule has 6 nitrogen and oxygen atoms in total. The maximum atomic E-state index is 12.8. The number of carbonyl (C=O) groups excluding carboxylic acids is 1. The highest BCUT2D eigenvalue weighted by Crippen LogP contribution is 2.25.